The summed E-state index contributed by atoms with van der Waals surface area (Å²) in [6.07, 6.45) is 0.157. The molecule has 1 saturated heterocycles. The summed E-state index contributed by atoms with van der Waals surface area (Å²) < 4.78 is 4.98. The van der Waals surface area contributed by atoms with Crippen LogP contribution in [0, 0.1) is 6.92 Å². The van der Waals surface area contributed by atoms with E-state index >= 15 is 0 Å². The highest BCUT2D eigenvalue weighted by atomic mass is 16.5. The summed E-state index contributed by atoms with van der Waals surface area (Å²) in [6, 6.07) is 7.41. The Kier molecular flexibility index (Phi) is 5.85. The van der Waals surface area contributed by atoms with Crippen LogP contribution in [0.3, 0.4) is 0 Å². The van der Waals surface area contributed by atoms with Crippen molar-refractivity contribution in [1.29, 1.82) is 0 Å². The molecule has 0 spiro atoms. The van der Waals surface area contributed by atoms with Gasteiger partial charge in [0.1, 0.15) is 0 Å². The minimum absolute atomic E-state index is 0.0788. The molecule has 0 aliphatic carbocycles. The third kappa shape index (κ3) is 4.71. The van der Waals surface area contributed by atoms with E-state index in [1.54, 1.807) is 6.92 Å². The van der Waals surface area contributed by atoms with Crippen LogP contribution >= 0.6 is 0 Å². The number of piperazine rings is 1. The Bertz CT molecular complexity index is 800. The molecule has 0 unspecified atom stereocenters. The maximum atomic E-state index is 12.3. The van der Waals surface area contributed by atoms with Gasteiger partial charge in [0.05, 0.1) is 12.5 Å². The number of hydrogen-bond donors (Lipinski definition) is 2. The number of carbonyl (C=O) groups is 2. The van der Waals surface area contributed by atoms with E-state index in [9.17, 15) is 9.59 Å². The van der Waals surface area contributed by atoms with Crippen molar-refractivity contribution < 1.29 is 14.1 Å². The van der Waals surface area contributed by atoms with E-state index in [2.05, 4.69) is 25.7 Å². The van der Waals surface area contributed by atoms with Crippen molar-refractivity contribution in [2.45, 2.75) is 45.8 Å². The first-order chi connectivity index (χ1) is 12.9. The first kappa shape index (κ1) is 19.0. The molecule has 0 bridgehead atoms. The largest absolute Gasteiger partial charge is 0.353 e. The summed E-state index contributed by atoms with van der Waals surface area (Å²) in [7, 11) is 0. The maximum absolute atomic E-state index is 12.3. The molecule has 2 amide bonds. The Morgan fingerprint density at radius 1 is 1.37 bits per heavy atom. The SMILES string of the molecule is Cc1nc(-c2ccc(CNC(=O)C[C@H]3C(=O)NCCN3C(C)C)cc2)no1. The van der Waals surface area contributed by atoms with Crippen LogP contribution in [0.2, 0.25) is 0 Å². The van der Waals surface area contributed by atoms with Crippen LogP contribution in [0.5, 0.6) is 0 Å². The summed E-state index contributed by atoms with van der Waals surface area (Å²) in [6.45, 7) is 7.61. The lowest BCUT2D eigenvalue weighted by Crippen LogP contribution is -2.58. The van der Waals surface area contributed by atoms with Gasteiger partial charge in [0.2, 0.25) is 23.5 Å². The molecule has 0 saturated carbocycles. The summed E-state index contributed by atoms with van der Waals surface area (Å²) >= 11 is 0. The van der Waals surface area contributed by atoms with Crippen LogP contribution in [0.25, 0.3) is 11.4 Å². The number of hydrogen-bond acceptors (Lipinski definition) is 6. The van der Waals surface area contributed by atoms with Crippen molar-refractivity contribution in [2.24, 2.45) is 0 Å². The van der Waals surface area contributed by atoms with E-state index < -0.39 is 6.04 Å². The summed E-state index contributed by atoms with van der Waals surface area (Å²) in [4.78, 5) is 30.7. The van der Waals surface area contributed by atoms with Crippen LogP contribution in [-0.2, 0) is 16.1 Å². The van der Waals surface area contributed by atoms with Crippen molar-refractivity contribution >= 4 is 11.8 Å². The average Bonchev–Trinajstić information content (AvgIpc) is 3.08. The van der Waals surface area contributed by atoms with E-state index in [1.165, 1.54) is 0 Å². The molecule has 8 heteroatoms. The highest BCUT2D eigenvalue weighted by Gasteiger charge is 2.32. The first-order valence-electron chi connectivity index (χ1n) is 9.14. The molecule has 1 fully saturated rings. The molecule has 3 rings (SSSR count). The summed E-state index contributed by atoms with van der Waals surface area (Å²) in [5, 5.41) is 9.62. The number of rotatable bonds is 6. The zero-order chi connectivity index (χ0) is 19.4. The lowest BCUT2D eigenvalue weighted by Gasteiger charge is -2.37. The zero-order valence-electron chi connectivity index (χ0n) is 15.9. The second kappa shape index (κ2) is 8.30. The minimum atomic E-state index is -0.414. The van der Waals surface area contributed by atoms with Crippen molar-refractivity contribution in [3.05, 3.63) is 35.7 Å². The molecule has 1 atom stereocenters. The molecule has 0 radical (unpaired) electrons. The van der Waals surface area contributed by atoms with Crippen LogP contribution in [-0.4, -0.2) is 52.0 Å². The summed E-state index contributed by atoms with van der Waals surface area (Å²) in [5.74, 6) is 0.842. The molecule has 2 N–H and O–H groups in total. The third-order valence-corrected chi connectivity index (χ3v) is 4.64. The van der Waals surface area contributed by atoms with Crippen molar-refractivity contribution in [1.82, 2.24) is 25.7 Å². The lowest BCUT2D eigenvalue weighted by molar-refractivity contribution is -0.134. The van der Waals surface area contributed by atoms with Gasteiger partial charge in [-0.3, -0.25) is 14.5 Å². The van der Waals surface area contributed by atoms with Gasteiger partial charge < -0.3 is 15.2 Å². The molecular formula is C19H25N5O3. The fourth-order valence-electron chi connectivity index (χ4n) is 3.20. The minimum Gasteiger partial charge on any atom is -0.353 e. The Morgan fingerprint density at radius 3 is 2.74 bits per heavy atom. The highest BCUT2D eigenvalue weighted by molar-refractivity contribution is 5.88. The molecule has 1 aliphatic rings. The van der Waals surface area contributed by atoms with Gasteiger partial charge in [-0.05, 0) is 19.4 Å². The van der Waals surface area contributed by atoms with Crippen LogP contribution in [0.15, 0.2) is 28.8 Å². The Morgan fingerprint density at radius 2 is 2.11 bits per heavy atom. The van der Waals surface area contributed by atoms with E-state index in [0.717, 1.165) is 17.7 Å². The quantitative estimate of drug-likeness (QED) is 0.793. The van der Waals surface area contributed by atoms with E-state index in [4.69, 9.17) is 4.52 Å². The van der Waals surface area contributed by atoms with Gasteiger partial charge in [0.25, 0.3) is 0 Å². The maximum Gasteiger partial charge on any atom is 0.237 e. The Labute approximate surface area is 158 Å². The van der Waals surface area contributed by atoms with Crippen LogP contribution < -0.4 is 10.6 Å². The summed E-state index contributed by atoms with van der Waals surface area (Å²) in [5.41, 5.74) is 1.81. The lowest BCUT2D eigenvalue weighted by atomic mass is 10.1. The van der Waals surface area contributed by atoms with Crippen LogP contribution in [0.1, 0.15) is 31.7 Å². The molecule has 2 heterocycles. The molecule has 2 aromatic rings. The molecule has 27 heavy (non-hydrogen) atoms. The van der Waals surface area contributed by atoms with Gasteiger partial charge in [-0.25, -0.2) is 0 Å². The molecule has 1 aromatic heterocycles. The van der Waals surface area contributed by atoms with E-state index in [1.807, 2.05) is 38.1 Å². The van der Waals surface area contributed by atoms with Crippen molar-refractivity contribution in [3.63, 3.8) is 0 Å². The Hall–Kier alpha value is -2.74. The van der Waals surface area contributed by atoms with Gasteiger partial charge in [0, 0.05) is 38.2 Å². The fraction of sp³-hybridized carbons (Fsp3) is 0.474. The van der Waals surface area contributed by atoms with Gasteiger partial charge >= 0.3 is 0 Å². The Balaban J connectivity index is 1.54. The van der Waals surface area contributed by atoms with E-state index in [0.29, 0.717) is 24.8 Å². The molecule has 1 aromatic carbocycles. The normalized spacial score (nSPS) is 17.8. The number of benzene rings is 1. The van der Waals surface area contributed by atoms with Gasteiger partial charge in [-0.15, -0.1) is 0 Å². The van der Waals surface area contributed by atoms with Crippen molar-refractivity contribution in [3.8, 4) is 11.4 Å². The number of aromatic nitrogens is 2. The topological polar surface area (TPSA) is 100 Å². The highest BCUT2D eigenvalue weighted by Crippen LogP contribution is 2.16. The van der Waals surface area contributed by atoms with Gasteiger partial charge in [0.15, 0.2) is 0 Å². The zero-order valence-corrected chi connectivity index (χ0v) is 15.9. The second-order valence-electron chi connectivity index (χ2n) is 6.95. The van der Waals surface area contributed by atoms with Crippen molar-refractivity contribution in [2.75, 3.05) is 13.1 Å². The molecular weight excluding hydrogens is 346 g/mol. The number of carbonyl (C=O) groups excluding carboxylic acids is 2. The molecule has 8 nitrogen and oxygen atoms in total. The smallest absolute Gasteiger partial charge is 0.237 e. The third-order valence-electron chi connectivity index (χ3n) is 4.64. The number of amides is 2. The standard InChI is InChI=1S/C19H25N5O3/c1-12(2)24-9-8-20-19(26)16(24)10-17(25)21-11-14-4-6-15(7-5-14)18-22-13(3)27-23-18/h4-7,12,16H,8-11H2,1-3H3,(H,20,26)(H,21,25)/t16-/m0/s1. The van der Waals surface area contributed by atoms with Gasteiger partial charge in [-0.1, -0.05) is 29.4 Å². The van der Waals surface area contributed by atoms with Gasteiger partial charge in [-0.2, -0.15) is 4.98 Å². The predicted octanol–water partition coefficient (Wildman–Crippen LogP) is 1.26. The molecule has 144 valence electrons. The fourth-order valence-corrected chi connectivity index (χ4v) is 3.20. The molecule has 1 aliphatic heterocycles. The second-order valence-corrected chi connectivity index (χ2v) is 6.95. The number of aryl methyl sites for hydroxylation is 1. The first-order valence-corrected chi connectivity index (χ1v) is 9.14. The number of nitrogens with one attached hydrogen (secondary N) is 2. The van der Waals surface area contributed by atoms with E-state index in [-0.39, 0.29) is 24.3 Å². The monoisotopic (exact) mass is 371 g/mol. The predicted molar refractivity (Wildman–Crippen MR) is 99.6 cm³/mol. The number of nitrogens with zero attached hydrogens (tertiary/aromatic N) is 3. The average molecular weight is 371 g/mol. The van der Waals surface area contributed by atoms with Crippen LogP contribution in [0.4, 0.5) is 0 Å².